The molecule has 0 radical (unpaired) electrons. The molecule has 5 nitrogen and oxygen atoms in total. The van der Waals surface area contributed by atoms with Gasteiger partial charge in [-0.1, -0.05) is 6.07 Å². The highest BCUT2D eigenvalue weighted by Crippen LogP contribution is 2.07. The van der Waals surface area contributed by atoms with Gasteiger partial charge in [0.1, 0.15) is 5.60 Å². The zero-order valence-electron chi connectivity index (χ0n) is 11.8. The quantitative estimate of drug-likeness (QED) is 0.904. The Bertz CT molecular complexity index is 438. The fourth-order valence-electron chi connectivity index (χ4n) is 1.40. The van der Waals surface area contributed by atoms with E-state index in [9.17, 15) is 9.59 Å². The largest absolute Gasteiger partial charge is 0.444 e. The smallest absolute Gasteiger partial charge is 0.408 e. The Morgan fingerprint density at radius 2 is 2.05 bits per heavy atom. The topological polar surface area (TPSA) is 68.3 Å². The van der Waals surface area contributed by atoms with Gasteiger partial charge in [0, 0.05) is 11.9 Å². The van der Waals surface area contributed by atoms with Crippen LogP contribution in [0.4, 0.5) is 4.79 Å². The van der Waals surface area contributed by atoms with Crippen LogP contribution >= 0.6 is 0 Å². The molecule has 1 aromatic heterocycles. The first-order chi connectivity index (χ1) is 8.78. The Labute approximate surface area is 113 Å². The molecule has 0 unspecified atom stereocenters. The third-order valence-electron chi connectivity index (χ3n) is 2.30. The zero-order valence-corrected chi connectivity index (χ0v) is 11.8. The SMILES string of the molecule is C[C@@H](NC(=O)OC(C)(C)C)C(=O)Cc1ccccn1. The second-order valence-electron chi connectivity index (χ2n) is 5.33. The van der Waals surface area contributed by atoms with Gasteiger partial charge in [-0.05, 0) is 39.8 Å². The lowest BCUT2D eigenvalue weighted by molar-refractivity contribution is -0.120. The van der Waals surface area contributed by atoms with Crippen LogP contribution in [0.25, 0.3) is 0 Å². The number of Topliss-reactive ketones (excluding diaryl/α,β-unsaturated/α-hetero) is 1. The van der Waals surface area contributed by atoms with Crippen molar-refractivity contribution in [3.05, 3.63) is 30.1 Å². The molecule has 0 bridgehead atoms. The lowest BCUT2D eigenvalue weighted by Gasteiger charge is -2.21. The standard InChI is InChI=1S/C14H20N2O3/c1-10(16-13(18)19-14(2,3)4)12(17)9-11-7-5-6-8-15-11/h5-8,10H,9H2,1-4H3,(H,16,18)/t10-/m1/s1. The highest BCUT2D eigenvalue weighted by Gasteiger charge is 2.21. The van der Waals surface area contributed by atoms with Gasteiger partial charge in [0.05, 0.1) is 12.5 Å². The summed E-state index contributed by atoms with van der Waals surface area (Å²) in [6.45, 7) is 6.95. The van der Waals surface area contributed by atoms with Crippen molar-refractivity contribution >= 4 is 11.9 Å². The molecule has 1 rings (SSSR count). The molecule has 1 N–H and O–H groups in total. The third kappa shape index (κ3) is 5.99. The maximum absolute atomic E-state index is 11.9. The maximum atomic E-state index is 11.9. The van der Waals surface area contributed by atoms with E-state index >= 15 is 0 Å². The summed E-state index contributed by atoms with van der Waals surface area (Å²) in [6, 6.07) is 4.78. The number of alkyl carbamates (subject to hydrolysis) is 1. The number of nitrogens with zero attached hydrogens (tertiary/aromatic N) is 1. The van der Waals surface area contributed by atoms with Crippen LogP contribution in [0.2, 0.25) is 0 Å². The van der Waals surface area contributed by atoms with Crippen LogP contribution in [0.15, 0.2) is 24.4 Å². The maximum Gasteiger partial charge on any atom is 0.408 e. The monoisotopic (exact) mass is 264 g/mol. The molecule has 1 aromatic rings. The summed E-state index contributed by atoms with van der Waals surface area (Å²) in [5.74, 6) is -0.107. The first-order valence-corrected chi connectivity index (χ1v) is 6.20. The molecule has 0 aromatic carbocycles. The second kappa shape index (κ2) is 6.31. The fraction of sp³-hybridized carbons (Fsp3) is 0.500. The van der Waals surface area contributed by atoms with Crippen molar-refractivity contribution < 1.29 is 14.3 Å². The van der Waals surface area contributed by atoms with E-state index < -0.39 is 17.7 Å². The Balaban J connectivity index is 2.47. The molecule has 0 aliphatic heterocycles. The van der Waals surface area contributed by atoms with E-state index in [0.717, 1.165) is 0 Å². The molecule has 1 atom stereocenters. The lowest BCUT2D eigenvalue weighted by atomic mass is 10.1. The Hall–Kier alpha value is -1.91. The summed E-state index contributed by atoms with van der Waals surface area (Å²) in [6.07, 6.45) is 1.24. The number of hydrogen-bond donors (Lipinski definition) is 1. The minimum Gasteiger partial charge on any atom is -0.444 e. The average molecular weight is 264 g/mol. The first kappa shape index (κ1) is 15.1. The number of ketones is 1. The van der Waals surface area contributed by atoms with Gasteiger partial charge < -0.3 is 10.1 Å². The minimum atomic E-state index is -0.600. The molecular weight excluding hydrogens is 244 g/mol. The van der Waals surface area contributed by atoms with Crippen LogP contribution < -0.4 is 5.32 Å². The van der Waals surface area contributed by atoms with Crippen molar-refractivity contribution in [3.8, 4) is 0 Å². The molecule has 19 heavy (non-hydrogen) atoms. The highest BCUT2D eigenvalue weighted by molar-refractivity contribution is 5.88. The molecule has 1 amide bonds. The Kier molecular flexibility index (Phi) is 5.03. The number of carbonyl (C=O) groups is 2. The molecule has 0 fully saturated rings. The van der Waals surface area contributed by atoms with Crippen LogP contribution in [-0.4, -0.2) is 28.5 Å². The van der Waals surface area contributed by atoms with E-state index in [2.05, 4.69) is 10.3 Å². The van der Waals surface area contributed by atoms with Crippen LogP contribution in [0.3, 0.4) is 0 Å². The van der Waals surface area contributed by atoms with Gasteiger partial charge in [-0.3, -0.25) is 9.78 Å². The predicted octanol–water partition coefficient (Wildman–Crippen LogP) is 2.11. The normalized spacial score (nSPS) is 12.6. The molecular formula is C14H20N2O3. The molecule has 0 aliphatic carbocycles. The summed E-state index contributed by atoms with van der Waals surface area (Å²) in [5.41, 5.74) is 0.110. The summed E-state index contributed by atoms with van der Waals surface area (Å²) in [7, 11) is 0. The van der Waals surface area contributed by atoms with Gasteiger partial charge in [-0.15, -0.1) is 0 Å². The van der Waals surface area contributed by atoms with Gasteiger partial charge in [-0.2, -0.15) is 0 Å². The lowest BCUT2D eigenvalue weighted by Crippen LogP contribution is -2.42. The van der Waals surface area contributed by atoms with Crippen LogP contribution in [0, 0.1) is 0 Å². The van der Waals surface area contributed by atoms with E-state index in [-0.39, 0.29) is 12.2 Å². The van der Waals surface area contributed by atoms with Crippen LogP contribution in [0.5, 0.6) is 0 Å². The van der Waals surface area contributed by atoms with Crippen molar-refractivity contribution in [2.75, 3.05) is 0 Å². The van der Waals surface area contributed by atoms with Crippen molar-refractivity contribution in [3.63, 3.8) is 0 Å². The Morgan fingerprint density at radius 3 is 2.58 bits per heavy atom. The molecule has 1 heterocycles. The van der Waals surface area contributed by atoms with Crippen LogP contribution in [-0.2, 0) is 16.0 Å². The average Bonchev–Trinajstić information content (AvgIpc) is 2.27. The third-order valence-corrected chi connectivity index (χ3v) is 2.30. The molecule has 104 valence electrons. The minimum absolute atomic E-state index is 0.107. The fourth-order valence-corrected chi connectivity index (χ4v) is 1.40. The van der Waals surface area contributed by atoms with Gasteiger partial charge in [0.25, 0.3) is 0 Å². The summed E-state index contributed by atoms with van der Waals surface area (Å²) < 4.78 is 5.09. The number of ether oxygens (including phenoxy) is 1. The van der Waals surface area contributed by atoms with E-state index in [4.69, 9.17) is 4.74 Å². The number of amides is 1. The van der Waals surface area contributed by atoms with Crippen LogP contribution in [0.1, 0.15) is 33.4 Å². The predicted molar refractivity (Wildman–Crippen MR) is 71.8 cm³/mol. The molecule has 0 spiro atoms. The summed E-state index contributed by atoms with van der Waals surface area (Å²) in [5, 5.41) is 2.52. The second-order valence-corrected chi connectivity index (χ2v) is 5.33. The number of pyridine rings is 1. The number of hydrogen-bond acceptors (Lipinski definition) is 4. The Morgan fingerprint density at radius 1 is 1.37 bits per heavy atom. The van der Waals surface area contributed by atoms with Gasteiger partial charge in [0.15, 0.2) is 5.78 Å². The number of carbonyl (C=O) groups excluding carboxylic acids is 2. The van der Waals surface area contributed by atoms with Crippen molar-refractivity contribution in [2.24, 2.45) is 0 Å². The molecule has 0 saturated carbocycles. The molecule has 0 saturated heterocycles. The van der Waals surface area contributed by atoms with E-state index in [1.54, 1.807) is 46.0 Å². The van der Waals surface area contributed by atoms with E-state index in [0.29, 0.717) is 5.69 Å². The van der Waals surface area contributed by atoms with E-state index in [1.807, 2.05) is 6.07 Å². The van der Waals surface area contributed by atoms with Gasteiger partial charge in [-0.25, -0.2) is 4.79 Å². The summed E-state index contributed by atoms with van der Waals surface area (Å²) in [4.78, 5) is 27.5. The van der Waals surface area contributed by atoms with Crippen molar-refractivity contribution in [2.45, 2.75) is 45.8 Å². The first-order valence-electron chi connectivity index (χ1n) is 6.20. The van der Waals surface area contributed by atoms with Crippen molar-refractivity contribution in [1.82, 2.24) is 10.3 Å². The van der Waals surface area contributed by atoms with Gasteiger partial charge >= 0.3 is 6.09 Å². The molecule has 5 heteroatoms. The highest BCUT2D eigenvalue weighted by atomic mass is 16.6. The number of nitrogens with one attached hydrogen (secondary N) is 1. The van der Waals surface area contributed by atoms with Gasteiger partial charge in [0.2, 0.25) is 0 Å². The zero-order chi connectivity index (χ0) is 14.5. The van der Waals surface area contributed by atoms with Crippen molar-refractivity contribution in [1.29, 1.82) is 0 Å². The van der Waals surface area contributed by atoms with E-state index in [1.165, 1.54) is 0 Å². The number of rotatable bonds is 4. The number of aromatic nitrogens is 1. The summed E-state index contributed by atoms with van der Waals surface area (Å²) >= 11 is 0. The molecule has 0 aliphatic rings.